The average molecular weight is 381 g/mol. The van der Waals surface area contributed by atoms with Gasteiger partial charge in [-0.05, 0) is 46.1 Å². The van der Waals surface area contributed by atoms with Crippen LogP contribution in [0.2, 0.25) is 0 Å². The zero-order chi connectivity index (χ0) is 11.7. The van der Waals surface area contributed by atoms with Crippen molar-refractivity contribution < 1.29 is 0 Å². The van der Waals surface area contributed by atoms with Crippen LogP contribution < -0.4 is 0 Å². The molecule has 84 valence electrons. The first-order chi connectivity index (χ1) is 7.59. The number of hydrogen-bond donors (Lipinski definition) is 0. The van der Waals surface area contributed by atoms with Crippen LogP contribution in [-0.4, -0.2) is 0 Å². The van der Waals surface area contributed by atoms with Crippen molar-refractivity contribution in [3.63, 3.8) is 0 Å². The van der Waals surface area contributed by atoms with Gasteiger partial charge in [-0.2, -0.15) is 0 Å². The summed E-state index contributed by atoms with van der Waals surface area (Å²) in [5.74, 6) is 0. The van der Waals surface area contributed by atoms with E-state index in [0.29, 0.717) is 0 Å². The molecule has 0 aliphatic carbocycles. The fourth-order valence-electron chi connectivity index (χ4n) is 1.44. The van der Waals surface area contributed by atoms with Crippen molar-refractivity contribution in [2.45, 2.75) is 12.3 Å². The summed E-state index contributed by atoms with van der Waals surface area (Å²) >= 11 is 15.2. The van der Waals surface area contributed by atoms with Gasteiger partial charge in [-0.25, -0.2) is 0 Å². The van der Waals surface area contributed by atoms with E-state index in [-0.39, 0.29) is 5.38 Å². The zero-order valence-corrected chi connectivity index (χ0v) is 13.3. The Morgan fingerprint density at radius 1 is 1.25 bits per heavy atom. The molecule has 2 aromatic rings. The first kappa shape index (κ1) is 12.6. The molecule has 1 heterocycles. The number of alkyl halides is 1. The lowest BCUT2D eigenvalue weighted by molar-refractivity contribution is 1.17. The summed E-state index contributed by atoms with van der Waals surface area (Å²) in [6, 6.07) is 10.2. The van der Waals surface area contributed by atoms with E-state index >= 15 is 0 Å². The number of aryl methyl sites for hydroxylation is 1. The number of hydrogen-bond acceptors (Lipinski definition) is 1. The Morgan fingerprint density at radius 2 is 1.94 bits per heavy atom. The van der Waals surface area contributed by atoms with Crippen molar-refractivity contribution in [3.05, 3.63) is 54.6 Å². The molecular weight excluding hydrogens is 371 g/mol. The van der Waals surface area contributed by atoms with Crippen LogP contribution in [0.1, 0.15) is 21.4 Å². The molecule has 0 saturated heterocycles. The highest BCUT2D eigenvalue weighted by atomic mass is 79.9. The Bertz CT molecular complexity index is 488. The smallest absolute Gasteiger partial charge is 0.0939 e. The first-order valence-electron chi connectivity index (χ1n) is 4.74. The van der Waals surface area contributed by atoms with E-state index in [1.807, 2.05) is 24.3 Å². The van der Waals surface area contributed by atoms with Crippen LogP contribution in [0.4, 0.5) is 0 Å². The third-order valence-corrected chi connectivity index (χ3v) is 5.83. The van der Waals surface area contributed by atoms with Gasteiger partial charge in [0.15, 0.2) is 0 Å². The molecule has 0 fully saturated rings. The highest BCUT2D eigenvalue weighted by Gasteiger charge is 2.16. The zero-order valence-electron chi connectivity index (χ0n) is 8.51. The van der Waals surface area contributed by atoms with Gasteiger partial charge in [0.2, 0.25) is 0 Å². The van der Waals surface area contributed by atoms with Crippen LogP contribution in [0.5, 0.6) is 0 Å². The molecule has 0 N–H and O–H groups in total. The molecule has 0 nitrogen and oxygen atoms in total. The molecule has 1 aromatic heterocycles. The third-order valence-electron chi connectivity index (χ3n) is 2.30. The molecule has 0 spiro atoms. The fourth-order valence-corrected chi connectivity index (χ4v) is 4.04. The molecule has 0 aliphatic heterocycles. The maximum atomic E-state index is 6.48. The summed E-state index contributed by atoms with van der Waals surface area (Å²) in [4.78, 5) is 1.16. The summed E-state index contributed by atoms with van der Waals surface area (Å²) in [7, 11) is 0. The largest absolute Gasteiger partial charge is 0.131 e. The van der Waals surface area contributed by atoms with Gasteiger partial charge in [0, 0.05) is 9.35 Å². The predicted molar refractivity (Wildman–Crippen MR) is 78.6 cm³/mol. The van der Waals surface area contributed by atoms with Crippen LogP contribution in [-0.2, 0) is 0 Å². The van der Waals surface area contributed by atoms with Gasteiger partial charge in [-0.1, -0.05) is 34.1 Å². The third kappa shape index (κ3) is 2.53. The molecule has 1 atom stereocenters. The quantitative estimate of drug-likeness (QED) is 0.568. The lowest BCUT2D eigenvalue weighted by atomic mass is 10.1. The molecule has 0 amide bonds. The predicted octanol–water partition coefficient (Wildman–Crippen LogP) is 5.91. The van der Waals surface area contributed by atoms with Crippen LogP contribution in [0.3, 0.4) is 0 Å². The second kappa shape index (κ2) is 5.21. The summed E-state index contributed by atoms with van der Waals surface area (Å²) in [5, 5.41) is -0.0921. The van der Waals surface area contributed by atoms with E-state index in [1.165, 1.54) is 5.56 Å². The minimum absolute atomic E-state index is 0.0921. The molecular formula is C12H9Br2ClS. The van der Waals surface area contributed by atoms with Gasteiger partial charge < -0.3 is 0 Å². The molecule has 4 heteroatoms. The Balaban J connectivity index is 2.39. The van der Waals surface area contributed by atoms with Gasteiger partial charge in [0.25, 0.3) is 0 Å². The molecule has 0 saturated carbocycles. The van der Waals surface area contributed by atoms with Crippen molar-refractivity contribution >= 4 is 54.8 Å². The monoisotopic (exact) mass is 378 g/mol. The number of benzene rings is 1. The normalized spacial score (nSPS) is 12.8. The maximum Gasteiger partial charge on any atom is 0.0939 e. The molecule has 16 heavy (non-hydrogen) atoms. The van der Waals surface area contributed by atoms with Gasteiger partial charge in [0.05, 0.1) is 9.16 Å². The SMILES string of the molecule is Cc1cc(C(Cl)c2ccccc2Br)sc1Br. The molecule has 0 aliphatic rings. The van der Waals surface area contributed by atoms with Crippen molar-refractivity contribution in [1.82, 2.24) is 0 Å². The number of rotatable bonds is 2. The lowest BCUT2D eigenvalue weighted by Crippen LogP contribution is -1.90. The highest BCUT2D eigenvalue weighted by Crippen LogP contribution is 2.39. The fraction of sp³-hybridized carbons (Fsp3) is 0.167. The van der Waals surface area contributed by atoms with Gasteiger partial charge >= 0.3 is 0 Å². The summed E-state index contributed by atoms with van der Waals surface area (Å²) < 4.78 is 2.21. The van der Waals surface area contributed by atoms with Gasteiger partial charge in [-0.3, -0.25) is 0 Å². The topological polar surface area (TPSA) is 0 Å². The van der Waals surface area contributed by atoms with E-state index in [9.17, 15) is 0 Å². The Morgan fingerprint density at radius 3 is 2.50 bits per heavy atom. The Hall–Kier alpha value is 0.170. The summed E-state index contributed by atoms with van der Waals surface area (Å²) in [6.07, 6.45) is 0. The van der Waals surface area contributed by atoms with Crippen LogP contribution >= 0.6 is 54.8 Å². The van der Waals surface area contributed by atoms with Crippen molar-refractivity contribution in [3.8, 4) is 0 Å². The second-order valence-electron chi connectivity index (χ2n) is 3.49. The number of halogens is 3. The molecule has 1 unspecified atom stereocenters. The highest BCUT2D eigenvalue weighted by molar-refractivity contribution is 9.11. The average Bonchev–Trinajstić information content (AvgIpc) is 2.59. The Kier molecular flexibility index (Phi) is 4.11. The maximum absolute atomic E-state index is 6.48. The van der Waals surface area contributed by atoms with E-state index in [2.05, 4.69) is 44.8 Å². The lowest BCUT2D eigenvalue weighted by Gasteiger charge is -2.09. The molecule has 2 rings (SSSR count). The van der Waals surface area contributed by atoms with E-state index < -0.39 is 0 Å². The molecule has 1 aromatic carbocycles. The van der Waals surface area contributed by atoms with E-state index in [1.54, 1.807) is 11.3 Å². The van der Waals surface area contributed by atoms with E-state index in [0.717, 1.165) is 18.7 Å². The van der Waals surface area contributed by atoms with Gasteiger partial charge in [-0.15, -0.1) is 22.9 Å². The van der Waals surface area contributed by atoms with E-state index in [4.69, 9.17) is 11.6 Å². The minimum Gasteiger partial charge on any atom is -0.131 e. The summed E-state index contributed by atoms with van der Waals surface area (Å²) in [6.45, 7) is 2.08. The van der Waals surface area contributed by atoms with Crippen molar-refractivity contribution in [1.29, 1.82) is 0 Å². The first-order valence-corrected chi connectivity index (χ1v) is 7.58. The van der Waals surface area contributed by atoms with Crippen molar-refractivity contribution in [2.75, 3.05) is 0 Å². The van der Waals surface area contributed by atoms with Gasteiger partial charge in [0.1, 0.15) is 0 Å². The Labute approximate surface area is 121 Å². The standard InChI is InChI=1S/C12H9Br2ClS/c1-7-6-10(16-12(7)14)11(15)8-4-2-3-5-9(8)13/h2-6,11H,1H3. The van der Waals surface area contributed by atoms with Crippen LogP contribution in [0, 0.1) is 6.92 Å². The number of thiophene rings is 1. The second-order valence-corrected chi connectivity index (χ2v) is 7.18. The molecule has 0 radical (unpaired) electrons. The van der Waals surface area contributed by atoms with Crippen LogP contribution in [0.25, 0.3) is 0 Å². The van der Waals surface area contributed by atoms with Crippen molar-refractivity contribution in [2.24, 2.45) is 0 Å². The molecule has 0 bridgehead atoms. The minimum atomic E-state index is -0.0921. The summed E-state index contributed by atoms with van der Waals surface area (Å²) in [5.41, 5.74) is 2.34. The van der Waals surface area contributed by atoms with Crippen LogP contribution in [0.15, 0.2) is 38.6 Å².